The van der Waals surface area contributed by atoms with Crippen LogP contribution in [-0.2, 0) is 4.79 Å². The number of anilines is 1. The van der Waals surface area contributed by atoms with E-state index < -0.39 is 0 Å². The number of hydrogen-bond acceptors (Lipinski definition) is 3. The third-order valence-corrected chi connectivity index (χ3v) is 4.03. The van der Waals surface area contributed by atoms with E-state index in [1.807, 2.05) is 13.0 Å². The summed E-state index contributed by atoms with van der Waals surface area (Å²) in [5.74, 6) is 0.0312. The molecule has 1 amide bonds. The van der Waals surface area contributed by atoms with Crippen molar-refractivity contribution in [3.05, 3.63) is 29.3 Å². The van der Waals surface area contributed by atoms with Gasteiger partial charge < -0.3 is 10.6 Å². The van der Waals surface area contributed by atoms with Crippen molar-refractivity contribution in [2.45, 2.75) is 51.5 Å². The Balaban J connectivity index is 1.84. The minimum absolute atomic E-state index is 0.0312. The largest absolute Gasteiger partial charge is 0.376 e. The van der Waals surface area contributed by atoms with Gasteiger partial charge >= 0.3 is 0 Å². The van der Waals surface area contributed by atoms with Crippen LogP contribution in [-0.4, -0.2) is 18.5 Å². The van der Waals surface area contributed by atoms with Gasteiger partial charge in [-0.1, -0.05) is 31.7 Å². The average molecular weight is 285 g/mol. The van der Waals surface area contributed by atoms with Crippen LogP contribution in [0.25, 0.3) is 0 Å². The first kappa shape index (κ1) is 15.4. The lowest BCUT2D eigenvalue weighted by Crippen LogP contribution is -2.38. The Morgan fingerprint density at radius 2 is 2.00 bits per heavy atom. The van der Waals surface area contributed by atoms with Crippen LogP contribution in [0.5, 0.6) is 0 Å². The number of amides is 1. The van der Waals surface area contributed by atoms with E-state index in [0.29, 0.717) is 11.6 Å². The second-order valence-electron chi connectivity index (χ2n) is 5.75. The fourth-order valence-corrected chi connectivity index (χ4v) is 2.76. The Morgan fingerprint density at radius 1 is 1.29 bits per heavy atom. The van der Waals surface area contributed by atoms with Crippen molar-refractivity contribution in [2.24, 2.45) is 0 Å². The Labute approximate surface area is 126 Å². The first-order valence-corrected chi connectivity index (χ1v) is 7.73. The van der Waals surface area contributed by atoms with Gasteiger partial charge in [0.15, 0.2) is 0 Å². The molecule has 2 N–H and O–H groups in total. The maximum atomic E-state index is 12.0. The predicted octanol–water partition coefficient (Wildman–Crippen LogP) is 3.12. The molecule has 4 nitrogen and oxygen atoms in total. The molecule has 0 spiro atoms. The Hall–Kier alpha value is -2.02. The first-order valence-electron chi connectivity index (χ1n) is 7.73. The lowest BCUT2D eigenvalue weighted by atomic mass is 10.1. The van der Waals surface area contributed by atoms with Crippen molar-refractivity contribution in [1.29, 1.82) is 5.26 Å². The molecular weight excluding hydrogens is 262 g/mol. The predicted molar refractivity (Wildman–Crippen MR) is 84.0 cm³/mol. The van der Waals surface area contributed by atoms with Crippen LogP contribution >= 0.6 is 0 Å². The molecule has 2 rings (SSSR count). The van der Waals surface area contributed by atoms with Gasteiger partial charge in [0.2, 0.25) is 5.91 Å². The van der Waals surface area contributed by atoms with E-state index in [1.54, 1.807) is 12.1 Å². The quantitative estimate of drug-likeness (QED) is 0.835. The normalized spacial score (nSPS) is 15.8. The summed E-state index contributed by atoms with van der Waals surface area (Å²) in [5.41, 5.74) is 2.49. The molecule has 0 aliphatic heterocycles. The van der Waals surface area contributed by atoms with Crippen molar-refractivity contribution in [3.63, 3.8) is 0 Å². The molecule has 1 saturated carbocycles. The molecule has 1 aromatic rings. The van der Waals surface area contributed by atoms with Crippen molar-refractivity contribution >= 4 is 11.6 Å². The molecule has 1 aromatic carbocycles. The van der Waals surface area contributed by atoms with Crippen LogP contribution in [0.2, 0.25) is 0 Å². The lowest BCUT2D eigenvalue weighted by Gasteiger charge is -2.17. The zero-order chi connectivity index (χ0) is 15.1. The van der Waals surface area contributed by atoms with Gasteiger partial charge in [0.25, 0.3) is 0 Å². The molecule has 21 heavy (non-hydrogen) atoms. The number of nitriles is 1. The number of nitrogens with one attached hydrogen (secondary N) is 2. The lowest BCUT2D eigenvalue weighted by molar-refractivity contribution is -0.120. The summed E-state index contributed by atoms with van der Waals surface area (Å²) in [7, 11) is 0. The summed E-state index contributed by atoms with van der Waals surface area (Å²) in [6.45, 7) is 2.22. The molecule has 0 heterocycles. The fourth-order valence-electron chi connectivity index (χ4n) is 2.76. The van der Waals surface area contributed by atoms with Gasteiger partial charge in [-0.25, -0.2) is 0 Å². The maximum Gasteiger partial charge on any atom is 0.239 e. The smallest absolute Gasteiger partial charge is 0.239 e. The Morgan fingerprint density at radius 3 is 2.67 bits per heavy atom. The van der Waals surface area contributed by atoms with E-state index in [9.17, 15) is 4.79 Å². The van der Waals surface area contributed by atoms with Gasteiger partial charge in [-0.15, -0.1) is 0 Å². The molecule has 1 fully saturated rings. The summed E-state index contributed by atoms with van der Waals surface area (Å²) in [6, 6.07) is 7.90. The summed E-state index contributed by atoms with van der Waals surface area (Å²) >= 11 is 0. The van der Waals surface area contributed by atoms with Crippen molar-refractivity contribution in [1.82, 2.24) is 5.32 Å². The summed E-state index contributed by atoms with van der Waals surface area (Å²) < 4.78 is 0. The second-order valence-corrected chi connectivity index (χ2v) is 5.75. The van der Waals surface area contributed by atoms with Gasteiger partial charge in [0, 0.05) is 11.7 Å². The van der Waals surface area contributed by atoms with Crippen molar-refractivity contribution in [3.8, 4) is 6.07 Å². The van der Waals surface area contributed by atoms with Gasteiger partial charge in [-0.2, -0.15) is 5.26 Å². The number of nitrogens with zero attached hydrogens (tertiary/aromatic N) is 1. The minimum atomic E-state index is 0.0312. The van der Waals surface area contributed by atoms with E-state index >= 15 is 0 Å². The second kappa shape index (κ2) is 7.68. The van der Waals surface area contributed by atoms with E-state index in [2.05, 4.69) is 16.7 Å². The number of rotatable bonds is 4. The molecule has 112 valence electrons. The van der Waals surface area contributed by atoms with Crippen LogP contribution in [0.15, 0.2) is 18.2 Å². The highest BCUT2D eigenvalue weighted by molar-refractivity contribution is 5.81. The SMILES string of the molecule is Cc1ccc(C#N)cc1NCC(=O)NC1CCCCCC1. The highest BCUT2D eigenvalue weighted by Crippen LogP contribution is 2.18. The zero-order valence-corrected chi connectivity index (χ0v) is 12.6. The average Bonchev–Trinajstić information content (AvgIpc) is 2.75. The molecule has 0 radical (unpaired) electrons. The summed E-state index contributed by atoms with van der Waals surface area (Å²) in [6.07, 6.45) is 7.17. The van der Waals surface area contributed by atoms with E-state index in [1.165, 1.54) is 25.7 Å². The molecule has 0 aromatic heterocycles. The van der Waals surface area contributed by atoms with Gasteiger partial charge in [-0.3, -0.25) is 4.79 Å². The summed E-state index contributed by atoms with van der Waals surface area (Å²) in [4.78, 5) is 12.0. The highest BCUT2D eigenvalue weighted by Gasteiger charge is 2.14. The highest BCUT2D eigenvalue weighted by atomic mass is 16.1. The van der Waals surface area contributed by atoms with E-state index in [-0.39, 0.29) is 12.5 Å². The summed E-state index contributed by atoms with van der Waals surface area (Å²) in [5, 5.41) is 15.2. The van der Waals surface area contributed by atoms with Gasteiger partial charge in [0.1, 0.15) is 0 Å². The number of hydrogen-bond donors (Lipinski definition) is 2. The maximum absolute atomic E-state index is 12.0. The monoisotopic (exact) mass is 285 g/mol. The Kier molecular flexibility index (Phi) is 5.62. The number of benzene rings is 1. The minimum Gasteiger partial charge on any atom is -0.376 e. The van der Waals surface area contributed by atoms with Gasteiger partial charge in [0.05, 0.1) is 18.2 Å². The van der Waals surface area contributed by atoms with Crippen LogP contribution in [0.1, 0.15) is 49.7 Å². The van der Waals surface area contributed by atoms with Crippen LogP contribution < -0.4 is 10.6 Å². The topological polar surface area (TPSA) is 64.9 Å². The molecule has 0 atom stereocenters. The first-order chi connectivity index (χ1) is 10.2. The molecular formula is C17H23N3O. The van der Waals surface area contributed by atoms with Gasteiger partial charge in [-0.05, 0) is 37.5 Å². The third kappa shape index (κ3) is 4.78. The molecule has 1 aliphatic carbocycles. The van der Waals surface area contributed by atoms with Crippen molar-refractivity contribution < 1.29 is 4.79 Å². The fraction of sp³-hybridized carbons (Fsp3) is 0.529. The third-order valence-electron chi connectivity index (χ3n) is 4.03. The Bertz CT molecular complexity index is 525. The molecule has 0 saturated heterocycles. The molecule has 1 aliphatic rings. The van der Waals surface area contributed by atoms with E-state index in [0.717, 1.165) is 24.1 Å². The van der Waals surface area contributed by atoms with Crippen LogP contribution in [0, 0.1) is 18.3 Å². The zero-order valence-electron chi connectivity index (χ0n) is 12.6. The van der Waals surface area contributed by atoms with Crippen molar-refractivity contribution in [2.75, 3.05) is 11.9 Å². The molecule has 4 heteroatoms. The molecule has 0 bridgehead atoms. The van der Waals surface area contributed by atoms with Crippen LogP contribution in [0.3, 0.4) is 0 Å². The number of aryl methyl sites for hydroxylation is 1. The van der Waals surface area contributed by atoms with E-state index in [4.69, 9.17) is 5.26 Å². The standard InChI is InChI=1S/C17H23N3O/c1-13-8-9-14(11-18)10-16(13)19-12-17(21)20-15-6-4-2-3-5-7-15/h8-10,15,19H,2-7,12H2,1H3,(H,20,21). The number of carbonyl (C=O) groups is 1. The van der Waals surface area contributed by atoms with Crippen LogP contribution in [0.4, 0.5) is 5.69 Å². The number of carbonyl (C=O) groups excluding carboxylic acids is 1. The molecule has 0 unspecified atom stereocenters.